The molecule has 0 saturated carbocycles. The molecule has 0 unspecified atom stereocenters. The monoisotopic (exact) mass is 306 g/mol. The molecule has 0 fully saturated rings. The Hall–Kier alpha value is -1.77. The van der Waals surface area contributed by atoms with Gasteiger partial charge in [0.2, 0.25) is 0 Å². The highest BCUT2D eigenvalue weighted by molar-refractivity contribution is 6.42. The van der Waals surface area contributed by atoms with Crippen molar-refractivity contribution in [3.8, 4) is 5.75 Å². The van der Waals surface area contributed by atoms with E-state index in [1.54, 1.807) is 18.2 Å². The van der Waals surface area contributed by atoms with E-state index in [1.165, 1.54) is 6.08 Å². The van der Waals surface area contributed by atoms with Gasteiger partial charge in [0.15, 0.2) is 0 Å². The van der Waals surface area contributed by atoms with Crippen LogP contribution in [0, 0.1) is 0 Å². The number of halogens is 2. The largest absolute Gasteiger partial charge is 0.488 e. The number of carbonyl (C=O) groups excluding carboxylic acids is 1. The van der Waals surface area contributed by atoms with Crippen LogP contribution in [0.25, 0.3) is 6.08 Å². The van der Waals surface area contributed by atoms with Crippen molar-refractivity contribution in [1.82, 2.24) is 0 Å². The van der Waals surface area contributed by atoms with E-state index in [4.69, 9.17) is 27.9 Å². The lowest BCUT2D eigenvalue weighted by molar-refractivity contribution is -0.104. The Balaban J connectivity index is 2.12. The van der Waals surface area contributed by atoms with Crippen LogP contribution in [0.3, 0.4) is 0 Å². The minimum Gasteiger partial charge on any atom is -0.488 e. The minimum absolute atomic E-state index is 0.378. The lowest BCUT2D eigenvalue weighted by Gasteiger charge is -2.09. The minimum atomic E-state index is 0.378. The molecule has 0 aliphatic rings. The molecule has 0 heterocycles. The van der Waals surface area contributed by atoms with Crippen LogP contribution in [0.1, 0.15) is 11.1 Å². The number of allylic oxidation sites excluding steroid dienone is 1. The Morgan fingerprint density at radius 3 is 2.60 bits per heavy atom. The van der Waals surface area contributed by atoms with Gasteiger partial charge in [0, 0.05) is 5.56 Å². The van der Waals surface area contributed by atoms with Crippen LogP contribution in [0.15, 0.2) is 48.5 Å². The normalized spacial score (nSPS) is 10.7. The summed E-state index contributed by atoms with van der Waals surface area (Å²) >= 11 is 11.8. The molecule has 20 heavy (non-hydrogen) atoms. The molecule has 0 saturated heterocycles. The highest BCUT2D eigenvalue weighted by Crippen LogP contribution is 2.24. The van der Waals surface area contributed by atoms with E-state index in [9.17, 15) is 4.79 Å². The fourth-order valence-electron chi connectivity index (χ4n) is 1.68. The molecule has 0 aliphatic heterocycles. The predicted molar refractivity (Wildman–Crippen MR) is 82.3 cm³/mol. The van der Waals surface area contributed by atoms with Crippen molar-refractivity contribution in [2.24, 2.45) is 0 Å². The number of benzene rings is 2. The maximum atomic E-state index is 10.4. The number of aldehydes is 1. The molecule has 0 bridgehead atoms. The van der Waals surface area contributed by atoms with Gasteiger partial charge < -0.3 is 4.74 Å². The topological polar surface area (TPSA) is 26.3 Å². The molecule has 0 N–H and O–H groups in total. The van der Waals surface area contributed by atoms with Gasteiger partial charge in [0.05, 0.1) is 10.0 Å². The van der Waals surface area contributed by atoms with Gasteiger partial charge in [0.1, 0.15) is 18.6 Å². The van der Waals surface area contributed by atoms with Gasteiger partial charge in [-0.2, -0.15) is 0 Å². The molecule has 2 rings (SSSR count). The van der Waals surface area contributed by atoms with Crippen molar-refractivity contribution in [2.45, 2.75) is 6.61 Å². The number of carbonyl (C=O) groups is 1. The van der Waals surface area contributed by atoms with Gasteiger partial charge in [-0.05, 0) is 35.9 Å². The first-order chi connectivity index (χ1) is 9.70. The van der Waals surface area contributed by atoms with Gasteiger partial charge in [-0.15, -0.1) is 0 Å². The van der Waals surface area contributed by atoms with E-state index in [-0.39, 0.29) is 0 Å². The number of rotatable bonds is 5. The van der Waals surface area contributed by atoms with Crippen molar-refractivity contribution >= 4 is 35.6 Å². The summed E-state index contributed by atoms with van der Waals surface area (Å²) in [5, 5.41) is 1.02. The SMILES string of the molecule is O=C/C=C/c1ccccc1OCc1ccc(Cl)c(Cl)c1. The quantitative estimate of drug-likeness (QED) is 0.586. The summed E-state index contributed by atoms with van der Waals surface area (Å²) in [6, 6.07) is 12.9. The van der Waals surface area contributed by atoms with Crippen molar-refractivity contribution in [1.29, 1.82) is 0 Å². The van der Waals surface area contributed by atoms with Gasteiger partial charge in [0.25, 0.3) is 0 Å². The summed E-state index contributed by atoms with van der Waals surface area (Å²) in [6.07, 6.45) is 3.87. The summed E-state index contributed by atoms with van der Waals surface area (Å²) < 4.78 is 5.75. The molecule has 2 aromatic rings. The van der Waals surface area contributed by atoms with Crippen LogP contribution in [-0.4, -0.2) is 6.29 Å². The third kappa shape index (κ3) is 3.86. The second-order valence-corrected chi connectivity index (χ2v) is 4.88. The average Bonchev–Trinajstić information content (AvgIpc) is 2.47. The van der Waals surface area contributed by atoms with Crippen LogP contribution in [0.5, 0.6) is 5.75 Å². The van der Waals surface area contributed by atoms with Gasteiger partial charge >= 0.3 is 0 Å². The highest BCUT2D eigenvalue weighted by Gasteiger charge is 2.03. The van der Waals surface area contributed by atoms with Crippen molar-refractivity contribution in [3.05, 3.63) is 69.7 Å². The maximum Gasteiger partial charge on any atom is 0.142 e. The molecular weight excluding hydrogens is 295 g/mol. The van der Waals surface area contributed by atoms with Crippen LogP contribution in [-0.2, 0) is 11.4 Å². The summed E-state index contributed by atoms with van der Waals surface area (Å²) in [6.45, 7) is 0.378. The van der Waals surface area contributed by atoms with Gasteiger partial charge in [-0.1, -0.05) is 47.5 Å². The zero-order valence-corrected chi connectivity index (χ0v) is 12.1. The van der Waals surface area contributed by atoms with E-state index in [0.717, 1.165) is 17.4 Å². The standard InChI is InChI=1S/C16H12Cl2O2/c17-14-8-7-12(10-15(14)18)11-20-16-6-2-1-4-13(16)5-3-9-19/h1-10H,11H2/b5-3+. The molecule has 0 spiro atoms. The van der Waals surface area contributed by atoms with Crippen molar-refractivity contribution < 1.29 is 9.53 Å². The number of hydrogen-bond acceptors (Lipinski definition) is 2. The second-order valence-electron chi connectivity index (χ2n) is 4.07. The zero-order valence-electron chi connectivity index (χ0n) is 10.6. The zero-order chi connectivity index (χ0) is 14.4. The molecule has 0 aromatic heterocycles. The van der Waals surface area contributed by atoms with Crippen molar-refractivity contribution in [3.63, 3.8) is 0 Å². The van der Waals surface area contributed by atoms with E-state index in [2.05, 4.69) is 0 Å². The molecular formula is C16H12Cl2O2. The molecule has 0 aliphatic carbocycles. The number of hydrogen-bond donors (Lipinski definition) is 0. The van der Waals surface area contributed by atoms with E-state index >= 15 is 0 Å². The fourth-order valence-corrected chi connectivity index (χ4v) is 2.00. The molecule has 0 atom stereocenters. The van der Waals surface area contributed by atoms with Gasteiger partial charge in [-0.3, -0.25) is 4.79 Å². The van der Waals surface area contributed by atoms with Crippen LogP contribution >= 0.6 is 23.2 Å². The molecule has 4 heteroatoms. The Morgan fingerprint density at radius 2 is 1.85 bits per heavy atom. The second kappa shape index (κ2) is 7.13. The summed E-state index contributed by atoms with van der Waals surface area (Å²) in [7, 11) is 0. The number of para-hydroxylation sites is 1. The Labute approximate surface area is 127 Å². The molecule has 2 aromatic carbocycles. The summed E-state index contributed by atoms with van der Waals surface area (Å²) in [4.78, 5) is 10.4. The summed E-state index contributed by atoms with van der Waals surface area (Å²) in [5.41, 5.74) is 1.77. The molecule has 102 valence electrons. The van der Waals surface area contributed by atoms with E-state index < -0.39 is 0 Å². The fraction of sp³-hybridized carbons (Fsp3) is 0.0625. The lowest BCUT2D eigenvalue weighted by atomic mass is 10.2. The third-order valence-corrected chi connectivity index (χ3v) is 3.39. The van der Waals surface area contributed by atoms with Crippen LogP contribution < -0.4 is 4.74 Å². The summed E-state index contributed by atoms with van der Waals surface area (Å²) in [5.74, 6) is 0.705. The maximum absolute atomic E-state index is 10.4. The molecule has 0 amide bonds. The lowest BCUT2D eigenvalue weighted by Crippen LogP contribution is -1.97. The molecule has 2 nitrogen and oxygen atoms in total. The first kappa shape index (κ1) is 14.6. The Morgan fingerprint density at radius 1 is 1.05 bits per heavy atom. The predicted octanol–water partition coefficient (Wildman–Crippen LogP) is 4.78. The average molecular weight is 307 g/mol. The Bertz CT molecular complexity index is 636. The highest BCUT2D eigenvalue weighted by atomic mass is 35.5. The van der Waals surface area contributed by atoms with E-state index in [0.29, 0.717) is 22.4 Å². The van der Waals surface area contributed by atoms with Crippen LogP contribution in [0.4, 0.5) is 0 Å². The smallest absolute Gasteiger partial charge is 0.142 e. The molecule has 0 radical (unpaired) electrons. The number of ether oxygens (including phenoxy) is 1. The van der Waals surface area contributed by atoms with Crippen molar-refractivity contribution in [2.75, 3.05) is 0 Å². The van der Waals surface area contributed by atoms with Crippen LogP contribution in [0.2, 0.25) is 10.0 Å². The first-order valence-electron chi connectivity index (χ1n) is 5.98. The first-order valence-corrected chi connectivity index (χ1v) is 6.74. The Kier molecular flexibility index (Phi) is 5.22. The van der Waals surface area contributed by atoms with Gasteiger partial charge in [-0.25, -0.2) is 0 Å². The third-order valence-electron chi connectivity index (χ3n) is 2.65. The van der Waals surface area contributed by atoms with E-state index in [1.807, 2.05) is 30.3 Å².